The van der Waals surface area contributed by atoms with Crippen molar-refractivity contribution in [3.63, 3.8) is 0 Å². The van der Waals surface area contributed by atoms with Gasteiger partial charge in [-0.25, -0.2) is 0 Å². The highest BCUT2D eigenvalue weighted by Crippen LogP contribution is 2.14. The fraction of sp³-hybridized carbons (Fsp3) is 0.661. The van der Waals surface area contributed by atoms with Crippen LogP contribution in [0, 0.1) is 0 Å². The van der Waals surface area contributed by atoms with E-state index in [0.717, 1.165) is 116 Å². The number of unbranched alkanes of at least 4 members (excludes halogenated alkanes) is 20. The normalized spacial score (nSPS) is 12.9. The Kier molecular flexibility index (Phi) is 52.4. The Balaban J connectivity index is 4.41. The molecule has 0 bridgehead atoms. The van der Waals surface area contributed by atoms with Crippen LogP contribution >= 0.6 is 0 Å². The lowest BCUT2D eigenvalue weighted by molar-refractivity contribution is -0.167. The number of esters is 3. The Morgan fingerprint density at radius 2 is 0.574 bits per heavy atom. The SMILES string of the molecule is CC/C=C\C/C=C\C/C=C\C/C=C\C/C=C\CCCCCCCCCC(=O)OCC(COC(=O)CCCCCCCCCCCCCC)OC(=O)CCCC/C=C\C/C=C\C/C=C\C/C=C\CC. The predicted molar refractivity (Wildman–Crippen MR) is 293 cm³/mol. The minimum Gasteiger partial charge on any atom is -0.462 e. The Hall–Kier alpha value is -3.93. The maximum atomic E-state index is 12.8. The molecule has 0 aliphatic heterocycles. The first-order valence-corrected chi connectivity index (χ1v) is 27.9. The van der Waals surface area contributed by atoms with Crippen molar-refractivity contribution < 1.29 is 28.6 Å². The standard InChI is InChI=1S/C62H102O6/c1-4-7-10-13-16-19-22-25-27-28-29-30-31-32-33-34-36-37-40-43-46-49-52-55-61(64)67-58-59(57-66-60(63)54-51-48-45-42-39-24-21-18-15-12-9-6-3)68-62(65)56-53-50-47-44-41-38-35-26-23-20-17-14-11-8-5-2/h7-8,10-11,16-17,19-20,25-27,29-30,32-33,35,41,44,59H,4-6,9,12-15,18,21-24,28,31,34,36-40,42-43,45-58H2,1-3H3/b10-7-,11-8-,19-16-,20-17-,27-25-,30-29-,33-32-,35-26-,44-41-. The van der Waals surface area contributed by atoms with Gasteiger partial charge in [-0.05, 0) is 103 Å². The molecule has 0 aliphatic rings. The largest absolute Gasteiger partial charge is 0.462 e. The summed E-state index contributed by atoms with van der Waals surface area (Å²) >= 11 is 0. The fourth-order valence-corrected chi connectivity index (χ4v) is 7.40. The van der Waals surface area contributed by atoms with E-state index >= 15 is 0 Å². The van der Waals surface area contributed by atoms with Crippen molar-refractivity contribution in [2.24, 2.45) is 0 Å². The first-order valence-electron chi connectivity index (χ1n) is 27.9. The second-order valence-corrected chi connectivity index (χ2v) is 18.1. The van der Waals surface area contributed by atoms with Crippen LogP contribution in [0.5, 0.6) is 0 Å². The van der Waals surface area contributed by atoms with Crippen LogP contribution in [-0.2, 0) is 28.6 Å². The summed E-state index contributed by atoms with van der Waals surface area (Å²) in [5, 5.41) is 0. The summed E-state index contributed by atoms with van der Waals surface area (Å²) in [4.78, 5) is 38.1. The number of hydrogen-bond donors (Lipinski definition) is 0. The van der Waals surface area contributed by atoms with Crippen LogP contribution in [0.15, 0.2) is 109 Å². The molecule has 0 saturated carbocycles. The van der Waals surface area contributed by atoms with E-state index in [1.165, 1.54) is 83.5 Å². The van der Waals surface area contributed by atoms with Crippen molar-refractivity contribution >= 4 is 17.9 Å². The molecule has 0 aromatic heterocycles. The third-order valence-electron chi connectivity index (χ3n) is 11.5. The molecule has 0 heterocycles. The van der Waals surface area contributed by atoms with Gasteiger partial charge in [0.25, 0.3) is 0 Å². The van der Waals surface area contributed by atoms with Crippen molar-refractivity contribution in [3.05, 3.63) is 109 Å². The number of carbonyl (C=O) groups is 3. The monoisotopic (exact) mass is 943 g/mol. The van der Waals surface area contributed by atoms with Gasteiger partial charge in [0.15, 0.2) is 6.10 Å². The summed E-state index contributed by atoms with van der Waals surface area (Å²) in [5.41, 5.74) is 0. The number of ether oxygens (including phenoxy) is 3. The molecule has 0 spiro atoms. The van der Waals surface area contributed by atoms with E-state index in [9.17, 15) is 14.4 Å². The van der Waals surface area contributed by atoms with Gasteiger partial charge in [-0.2, -0.15) is 0 Å². The minimum atomic E-state index is -0.804. The second kappa shape index (κ2) is 55.7. The molecule has 0 radical (unpaired) electrons. The van der Waals surface area contributed by atoms with E-state index in [4.69, 9.17) is 14.2 Å². The Morgan fingerprint density at radius 3 is 0.926 bits per heavy atom. The highest BCUT2D eigenvalue weighted by Gasteiger charge is 2.19. The lowest BCUT2D eigenvalue weighted by atomic mass is 10.0. The molecular weight excluding hydrogens is 841 g/mol. The van der Waals surface area contributed by atoms with Crippen LogP contribution in [0.3, 0.4) is 0 Å². The molecule has 68 heavy (non-hydrogen) atoms. The van der Waals surface area contributed by atoms with Gasteiger partial charge in [0.05, 0.1) is 0 Å². The quantitative estimate of drug-likeness (QED) is 0.0262. The Labute approximate surface area is 419 Å². The molecule has 0 rings (SSSR count). The van der Waals surface area contributed by atoms with E-state index in [0.29, 0.717) is 19.3 Å². The zero-order valence-electron chi connectivity index (χ0n) is 44.1. The first-order chi connectivity index (χ1) is 33.5. The summed E-state index contributed by atoms with van der Waals surface area (Å²) in [6.45, 7) is 6.36. The topological polar surface area (TPSA) is 78.9 Å². The number of hydrogen-bond acceptors (Lipinski definition) is 6. The van der Waals surface area contributed by atoms with Gasteiger partial charge in [0, 0.05) is 19.3 Å². The van der Waals surface area contributed by atoms with E-state index in [2.05, 4.69) is 130 Å². The highest BCUT2D eigenvalue weighted by atomic mass is 16.6. The second-order valence-electron chi connectivity index (χ2n) is 18.1. The van der Waals surface area contributed by atoms with Gasteiger partial charge < -0.3 is 14.2 Å². The van der Waals surface area contributed by atoms with Gasteiger partial charge in [0.2, 0.25) is 0 Å². The summed E-state index contributed by atoms with van der Waals surface area (Å²) in [6.07, 6.45) is 75.1. The molecule has 0 aliphatic carbocycles. The van der Waals surface area contributed by atoms with Gasteiger partial charge >= 0.3 is 17.9 Å². The van der Waals surface area contributed by atoms with E-state index < -0.39 is 6.10 Å². The number of rotatable bonds is 49. The molecule has 0 aromatic carbocycles. The maximum Gasteiger partial charge on any atom is 0.306 e. The summed E-state index contributed by atoms with van der Waals surface area (Å²) in [7, 11) is 0. The summed E-state index contributed by atoms with van der Waals surface area (Å²) < 4.78 is 16.8. The van der Waals surface area contributed by atoms with Crippen molar-refractivity contribution in [1.29, 1.82) is 0 Å². The van der Waals surface area contributed by atoms with E-state index in [1.807, 2.05) is 0 Å². The first kappa shape index (κ1) is 64.1. The third-order valence-corrected chi connectivity index (χ3v) is 11.5. The zero-order valence-corrected chi connectivity index (χ0v) is 44.1. The van der Waals surface area contributed by atoms with Crippen LogP contribution in [0.1, 0.15) is 245 Å². The van der Waals surface area contributed by atoms with Crippen molar-refractivity contribution in [3.8, 4) is 0 Å². The van der Waals surface area contributed by atoms with Crippen LogP contribution in [-0.4, -0.2) is 37.2 Å². The summed E-state index contributed by atoms with van der Waals surface area (Å²) in [6, 6.07) is 0. The van der Waals surface area contributed by atoms with Crippen LogP contribution in [0.4, 0.5) is 0 Å². The molecule has 1 atom stereocenters. The molecular formula is C62H102O6. The lowest BCUT2D eigenvalue weighted by Gasteiger charge is -2.18. The highest BCUT2D eigenvalue weighted by molar-refractivity contribution is 5.71. The number of carbonyl (C=O) groups excluding carboxylic acids is 3. The molecule has 0 fully saturated rings. The van der Waals surface area contributed by atoms with E-state index in [1.54, 1.807) is 0 Å². The molecule has 0 amide bonds. The predicted octanol–water partition coefficient (Wildman–Crippen LogP) is 18.7. The van der Waals surface area contributed by atoms with Gasteiger partial charge in [-0.15, -0.1) is 0 Å². The Bertz CT molecular complexity index is 1410. The molecule has 1 unspecified atom stereocenters. The van der Waals surface area contributed by atoms with Crippen molar-refractivity contribution in [2.45, 2.75) is 252 Å². The molecule has 0 N–H and O–H groups in total. The van der Waals surface area contributed by atoms with Crippen LogP contribution < -0.4 is 0 Å². The van der Waals surface area contributed by atoms with Gasteiger partial charge in [-0.3, -0.25) is 14.4 Å². The number of allylic oxidation sites excluding steroid dienone is 18. The molecule has 6 heteroatoms. The zero-order chi connectivity index (χ0) is 49.3. The van der Waals surface area contributed by atoms with Crippen molar-refractivity contribution in [2.75, 3.05) is 13.2 Å². The summed E-state index contributed by atoms with van der Waals surface area (Å²) in [5.74, 6) is -0.952. The smallest absolute Gasteiger partial charge is 0.306 e. The molecule has 0 aromatic rings. The fourth-order valence-electron chi connectivity index (χ4n) is 7.40. The third kappa shape index (κ3) is 53.0. The molecule has 0 saturated heterocycles. The van der Waals surface area contributed by atoms with Crippen molar-refractivity contribution in [1.82, 2.24) is 0 Å². The average Bonchev–Trinajstić information content (AvgIpc) is 3.34. The van der Waals surface area contributed by atoms with E-state index in [-0.39, 0.29) is 37.5 Å². The van der Waals surface area contributed by atoms with Gasteiger partial charge in [0.1, 0.15) is 13.2 Å². The maximum absolute atomic E-state index is 12.8. The minimum absolute atomic E-state index is 0.0981. The lowest BCUT2D eigenvalue weighted by Crippen LogP contribution is -2.30. The van der Waals surface area contributed by atoms with Crippen LogP contribution in [0.25, 0.3) is 0 Å². The van der Waals surface area contributed by atoms with Crippen LogP contribution in [0.2, 0.25) is 0 Å². The Morgan fingerprint density at radius 1 is 0.309 bits per heavy atom. The molecule has 386 valence electrons. The average molecular weight is 943 g/mol. The molecule has 6 nitrogen and oxygen atoms in total. The van der Waals surface area contributed by atoms with Gasteiger partial charge in [-0.1, -0.05) is 233 Å².